The van der Waals surface area contributed by atoms with Crippen molar-refractivity contribution in [3.63, 3.8) is 0 Å². The van der Waals surface area contributed by atoms with Crippen molar-refractivity contribution < 1.29 is 4.79 Å². The number of benzene rings is 1. The van der Waals surface area contributed by atoms with Crippen molar-refractivity contribution in [1.82, 2.24) is 10.2 Å². The standard InChI is InChI=1S/C19H29N3O/c1-14(2)16-7-9-17(10-8-16)19(15(3)4)21-18(23)13-22(5)12-6-11-20/h7-10,14-15,19H,6,12-13H2,1-5H3,(H,21,23). The van der Waals surface area contributed by atoms with Crippen molar-refractivity contribution in [1.29, 1.82) is 5.26 Å². The van der Waals surface area contributed by atoms with Crippen molar-refractivity contribution in [2.45, 2.75) is 46.1 Å². The average molecular weight is 315 g/mol. The molecule has 0 heterocycles. The van der Waals surface area contributed by atoms with Crippen LogP contribution in [0.15, 0.2) is 24.3 Å². The summed E-state index contributed by atoms with van der Waals surface area (Å²) in [6.07, 6.45) is 0.439. The molecule has 0 aliphatic heterocycles. The number of hydrogen-bond donors (Lipinski definition) is 1. The van der Waals surface area contributed by atoms with Crippen LogP contribution in [0.3, 0.4) is 0 Å². The summed E-state index contributed by atoms with van der Waals surface area (Å²) in [5, 5.41) is 11.7. The number of likely N-dealkylation sites (N-methyl/N-ethyl adjacent to an activating group) is 1. The minimum Gasteiger partial charge on any atom is -0.348 e. The van der Waals surface area contributed by atoms with E-state index in [9.17, 15) is 4.79 Å². The van der Waals surface area contributed by atoms with E-state index in [0.717, 1.165) is 5.56 Å². The van der Waals surface area contributed by atoms with Crippen LogP contribution in [0.2, 0.25) is 0 Å². The SMILES string of the molecule is CC(C)c1ccc(C(NC(=O)CN(C)CCC#N)C(C)C)cc1. The zero-order chi connectivity index (χ0) is 17.4. The molecule has 0 spiro atoms. The summed E-state index contributed by atoms with van der Waals surface area (Å²) < 4.78 is 0. The van der Waals surface area contributed by atoms with Crippen molar-refractivity contribution in [3.8, 4) is 6.07 Å². The van der Waals surface area contributed by atoms with Gasteiger partial charge in [-0.05, 0) is 30.0 Å². The summed E-state index contributed by atoms with van der Waals surface area (Å²) in [4.78, 5) is 14.1. The zero-order valence-electron chi connectivity index (χ0n) is 15.0. The van der Waals surface area contributed by atoms with Gasteiger partial charge in [-0.1, -0.05) is 52.0 Å². The summed E-state index contributed by atoms with van der Waals surface area (Å²) >= 11 is 0. The highest BCUT2D eigenvalue weighted by atomic mass is 16.2. The Morgan fingerprint density at radius 2 is 1.74 bits per heavy atom. The monoisotopic (exact) mass is 315 g/mol. The van der Waals surface area contributed by atoms with Gasteiger partial charge in [-0.15, -0.1) is 0 Å². The van der Waals surface area contributed by atoms with E-state index in [1.807, 2.05) is 11.9 Å². The van der Waals surface area contributed by atoms with E-state index in [2.05, 4.69) is 63.3 Å². The van der Waals surface area contributed by atoms with Crippen LogP contribution in [-0.4, -0.2) is 30.9 Å². The second-order valence-electron chi connectivity index (χ2n) is 6.76. The van der Waals surface area contributed by atoms with Gasteiger partial charge < -0.3 is 5.32 Å². The highest BCUT2D eigenvalue weighted by Crippen LogP contribution is 2.24. The zero-order valence-corrected chi connectivity index (χ0v) is 15.0. The maximum absolute atomic E-state index is 12.2. The van der Waals surface area contributed by atoms with Gasteiger partial charge in [0, 0.05) is 13.0 Å². The second kappa shape index (κ2) is 9.32. The molecule has 0 bridgehead atoms. The van der Waals surface area contributed by atoms with Crippen molar-refractivity contribution in [3.05, 3.63) is 35.4 Å². The molecule has 1 rings (SSSR count). The van der Waals surface area contributed by atoms with Crippen LogP contribution in [0.1, 0.15) is 57.2 Å². The number of amides is 1. The fourth-order valence-electron chi connectivity index (χ4n) is 2.51. The molecule has 0 aliphatic carbocycles. The van der Waals surface area contributed by atoms with Crippen molar-refractivity contribution in [2.75, 3.05) is 20.1 Å². The Morgan fingerprint density at radius 3 is 2.22 bits per heavy atom. The average Bonchev–Trinajstić information content (AvgIpc) is 2.50. The number of carbonyl (C=O) groups excluding carboxylic acids is 1. The molecule has 0 radical (unpaired) electrons. The summed E-state index contributed by atoms with van der Waals surface area (Å²) in [5.41, 5.74) is 2.44. The quantitative estimate of drug-likeness (QED) is 0.799. The molecular weight excluding hydrogens is 286 g/mol. The molecule has 1 unspecified atom stereocenters. The molecule has 4 heteroatoms. The van der Waals surface area contributed by atoms with E-state index in [4.69, 9.17) is 5.26 Å². The largest absolute Gasteiger partial charge is 0.348 e. The number of nitrogens with zero attached hydrogens (tertiary/aromatic N) is 2. The number of nitrogens with one attached hydrogen (secondary N) is 1. The van der Waals surface area contributed by atoms with Crippen LogP contribution in [-0.2, 0) is 4.79 Å². The summed E-state index contributed by atoms with van der Waals surface area (Å²) in [7, 11) is 1.86. The predicted octanol–water partition coefficient (Wildman–Crippen LogP) is 3.47. The molecule has 1 aromatic carbocycles. The van der Waals surface area contributed by atoms with Gasteiger partial charge in [0.05, 0.1) is 18.7 Å². The Kier molecular flexibility index (Phi) is 7.77. The van der Waals surface area contributed by atoms with Crippen LogP contribution in [0.4, 0.5) is 0 Å². The Morgan fingerprint density at radius 1 is 1.17 bits per heavy atom. The van der Waals surface area contributed by atoms with E-state index < -0.39 is 0 Å². The third-order valence-corrected chi connectivity index (χ3v) is 3.96. The first-order chi connectivity index (χ1) is 10.8. The molecular formula is C19H29N3O. The summed E-state index contributed by atoms with van der Waals surface area (Å²) in [6, 6.07) is 10.6. The highest BCUT2D eigenvalue weighted by Gasteiger charge is 2.19. The van der Waals surface area contributed by atoms with Crippen LogP contribution in [0, 0.1) is 17.2 Å². The normalized spacial score (nSPS) is 12.5. The van der Waals surface area contributed by atoms with Crippen LogP contribution in [0.5, 0.6) is 0 Å². The van der Waals surface area contributed by atoms with Gasteiger partial charge in [-0.3, -0.25) is 9.69 Å². The summed E-state index contributed by atoms with van der Waals surface area (Å²) in [5.74, 6) is 0.815. The molecule has 23 heavy (non-hydrogen) atoms. The second-order valence-corrected chi connectivity index (χ2v) is 6.76. The van der Waals surface area contributed by atoms with E-state index in [-0.39, 0.29) is 11.9 Å². The third-order valence-electron chi connectivity index (χ3n) is 3.96. The molecule has 0 saturated heterocycles. The molecule has 0 aromatic heterocycles. The molecule has 1 N–H and O–H groups in total. The molecule has 0 aliphatic rings. The molecule has 1 amide bonds. The molecule has 1 aromatic rings. The fraction of sp³-hybridized carbons (Fsp3) is 0.579. The predicted molar refractivity (Wildman–Crippen MR) is 94.0 cm³/mol. The summed E-state index contributed by atoms with van der Waals surface area (Å²) in [6.45, 7) is 9.50. The minimum atomic E-state index is -0.00271. The highest BCUT2D eigenvalue weighted by molar-refractivity contribution is 5.78. The lowest BCUT2D eigenvalue weighted by molar-refractivity contribution is -0.123. The Balaban J connectivity index is 2.71. The third kappa shape index (κ3) is 6.42. The van der Waals surface area contributed by atoms with Gasteiger partial charge >= 0.3 is 0 Å². The first-order valence-corrected chi connectivity index (χ1v) is 8.29. The lowest BCUT2D eigenvalue weighted by atomic mass is 9.93. The van der Waals surface area contributed by atoms with Crippen molar-refractivity contribution >= 4 is 5.91 Å². The van der Waals surface area contributed by atoms with E-state index in [1.54, 1.807) is 0 Å². The van der Waals surface area contributed by atoms with Crippen LogP contribution in [0.25, 0.3) is 0 Å². The Bertz CT molecular complexity index is 529. The maximum Gasteiger partial charge on any atom is 0.234 e. The van der Waals surface area contributed by atoms with E-state index in [0.29, 0.717) is 31.3 Å². The Hall–Kier alpha value is -1.86. The maximum atomic E-state index is 12.2. The first-order valence-electron chi connectivity index (χ1n) is 8.29. The lowest BCUT2D eigenvalue weighted by Gasteiger charge is -2.25. The van der Waals surface area contributed by atoms with E-state index in [1.165, 1.54) is 5.56 Å². The van der Waals surface area contributed by atoms with Gasteiger partial charge in [-0.25, -0.2) is 0 Å². The molecule has 4 nitrogen and oxygen atoms in total. The first kappa shape index (κ1) is 19.2. The Labute approximate surface area is 140 Å². The molecule has 1 atom stereocenters. The van der Waals surface area contributed by atoms with Crippen LogP contribution < -0.4 is 5.32 Å². The number of hydrogen-bond acceptors (Lipinski definition) is 3. The molecule has 0 saturated carbocycles. The van der Waals surface area contributed by atoms with Gasteiger partial charge in [-0.2, -0.15) is 5.26 Å². The van der Waals surface area contributed by atoms with Gasteiger partial charge in [0.1, 0.15) is 0 Å². The smallest absolute Gasteiger partial charge is 0.234 e. The minimum absolute atomic E-state index is 0.00271. The van der Waals surface area contributed by atoms with Gasteiger partial charge in [0.2, 0.25) is 5.91 Å². The number of carbonyl (C=O) groups is 1. The topological polar surface area (TPSA) is 56.1 Å². The number of rotatable bonds is 8. The lowest BCUT2D eigenvalue weighted by Crippen LogP contribution is -2.39. The van der Waals surface area contributed by atoms with Crippen LogP contribution >= 0.6 is 0 Å². The molecule has 126 valence electrons. The molecule has 0 fully saturated rings. The van der Waals surface area contributed by atoms with Gasteiger partial charge in [0.25, 0.3) is 0 Å². The van der Waals surface area contributed by atoms with Gasteiger partial charge in [0.15, 0.2) is 0 Å². The number of nitriles is 1. The fourth-order valence-corrected chi connectivity index (χ4v) is 2.51. The van der Waals surface area contributed by atoms with Crippen molar-refractivity contribution in [2.24, 2.45) is 5.92 Å². The van der Waals surface area contributed by atoms with E-state index >= 15 is 0 Å².